The van der Waals surface area contributed by atoms with Crippen LogP contribution >= 0.6 is 15.6 Å². The molecule has 3 N–H and O–H groups in total. The lowest BCUT2D eigenvalue weighted by molar-refractivity contribution is -0.161. The highest BCUT2D eigenvalue weighted by atomic mass is 31.2. The molecule has 0 aliphatic rings. The summed E-state index contributed by atoms with van der Waals surface area (Å²) >= 11 is 0. The number of aliphatic hydroxyl groups excluding tert-OH is 1. The molecular formula is C78H152O17P2. The lowest BCUT2D eigenvalue weighted by Gasteiger charge is -2.21. The Hall–Kier alpha value is -1.94. The summed E-state index contributed by atoms with van der Waals surface area (Å²) in [6.45, 7) is 9.58. The first-order valence-corrected chi connectivity index (χ1v) is 43.5. The van der Waals surface area contributed by atoms with Crippen molar-refractivity contribution in [3.63, 3.8) is 0 Å². The Morgan fingerprint density at radius 3 is 0.701 bits per heavy atom. The van der Waals surface area contributed by atoms with E-state index in [9.17, 15) is 43.2 Å². The standard InChI is InChI=1S/C78H152O17P2/c1-7-9-11-13-15-17-19-21-22-23-24-25-26-27-28-32-37-45-51-57-63-78(83)94-73(66-88-75(80)60-54-48-42-35-33-29-30-34-40-46-52-58-70(3)4)68-92-96(84,85)90-64-72(79)65-91-97(86,87)93-69-74(67-89-76(81)61-55-49-43-39-38-41-47-53-59-71(5)6)95-77(82)62-56-50-44-36-31-20-18-16-14-12-10-8-2/h70-74,79H,7-69H2,1-6H3,(H,84,85)(H,86,87)/t72-,73-,74-/m1/s1. The van der Waals surface area contributed by atoms with Gasteiger partial charge in [-0.1, -0.05) is 356 Å². The highest BCUT2D eigenvalue weighted by Gasteiger charge is 2.30. The highest BCUT2D eigenvalue weighted by Crippen LogP contribution is 2.45. The van der Waals surface area contributed by atoms with Gasteiger partial charge in [0.1, 0.15) is 19.3 Å². The van der Waals surface area contributed by atoms with Crippen LogP contribution in [-0.4, -0.2) is 96.7 Å². The van der Waals surface area contributed by atoms with E-state index < -0.39 is 97.5 Å². The van der Waals surface area contributed by atoms with Crippen LogP contribution in [0.4, 0.5) is 0 Å². The third-order valence-corrected chi connectivity index (χ3v) is 20.1. The van der Waals surface area contributed by atoms with Crippen LogP contribution in [0.15, 0.2) is 0 Å². The summed E-state index contributed by atoms with van der Waals surface area (Å²) in [4.78, 5) is 72.9. The second-order valence-electron chi connectivity index (χ2n) is 29.1. The molecule has 0 rings (SSSR count). The van der Waals surface area contributed by atoms with E-state index in [0.29, 0.717) is 25.7 Å². The van der Waals surface area contributed by atoms with Crippen molar-refractivity contribution in [3.8, 4) is 0 Å². The minimum absolute atomic E-state index is 0.107. The number of unbranched alkanes of at least 4 members (excludes halogenated alkanes) is 47. The van der Waals surface area contributed by atoms with E-state index >= 15 is 0 Å². The maximum absolute atomic E-state index is 13.1. The molecule has 0 saturated carbocycles. The molecule has 0 spiro atoms. The number of aliphatic hydroxyl groups is 1. The van der Waals surface area contributed by atoms with Gasteiger partial charge in [-0.15, -0.1) is 0 Å². The second-order valence-corrected chi connectivity index (χ2v) is 32.0. The molecule has 97 heavy (non-hydrogen) atoms. The molecule has 2 unspecified atom stereocenters. The number of ether oxygens (including phenoxy) is 4. The van der Waals surface area contributed by atoms with Crippen LogP contribution < -0.4 is 0 Å². The van der Waals surface area contributed by atoms with Crippen molar-refractivity contribution in [3.05, 3.63) is 0 Å². The molecule has 0 saturated heterocycles. The smallest absolute Gasteiger partial charge is 0.462 e. The molecule has 576 valence electrons. The Morgan fingerprint density at radius 2 is 0.474 bits per heavy atom. The zero-order chi connectivity index (χ0) is 71.4. The fraction of sp³-hybridized carbons (Fsp3) is 0.949. The van der Waals surface area contributed by atoms with Gasteiger partial charge in [-0.05, 0) is 37.5 Å². The molecule has 0 amide bonds. The zero-order valence-electron chi connectivity index (χ0n) is 63.4. The molecular weight excluding hydrogens is 1270 g/mol. The van der Waals surface area contributed by atoms with Crippen LogP contribution in [0.2, 0.25) is 0 Å². The van der Waals surface area contributed by atoms with Crippen LogP contribution in [-0.2, 0) is 65.4 Å². The molecule has 0 aliphatic carbocycles. The number of carbonyl (C=O) groups excluding carboxylic acids is 4. The van der Waals surface area contributed by atoms with Crippen LogP contribution in [0.1, 0.15) is 408 Å². The van der Waals surface area contributed by atoms with Gasteiger partial charge in [-0.2, -0.15) is 0 Å². The maximum atomic E-state index is 13.1. The van der Waals surface area contributed by atoms with Gasteiger partial charge in [0.2, 0.25) is 0 Å². The molecule has 0 aromatic rings. The molecule has 0 heterocycles. The Bertz CT molecular complexity index is 1870. The fourth-order valence-corrected chi connectivity index (χ4v) is 13.6. The number of hydrogen-bond acceptors (Lipinski definition) is 15. The Balaban J connectivity index is 5.23. The van der Waals surface area contributed by atoms with Crippen LogP contribution in [0, 0.1) is 11.8 Å². The summed E-state index contributed by atoms with van der Waals surface area (Å²) in [5.41, 5.74) is 0. The normalized spacial score (nSPS) is 14.0. The summed E-state index contributed by atoms with van der Waals surface area (Å²) in [7, 11) is -9.91. The van der Waals surface area contributed by atoms with Crippen molar-refractivity contribution in [1.82, 2.24) is 0 Å². The number of phosphoric acid groups is 2. The number of hydrogen-bond donors (Lipinski definition) is 3. The van der Waals surface area contributed by atoms with Gasteiger partial charge in [0.15, 0.2) is 12.2 Å². The molecule has 0 aromatic heterocycles. The maximum Gasteiger partial charge on any atom is 0.472 e. The van der Waals surface area contributed by atoms with E-state index in [0.717, 1.165) is 102 Å². The zero-order valence-corrected chi connectivity index (χ0v) is 65.2. The molecule has 0 bridgehead atoms. The lowest BCUT2D eigenvalue weighted by Crippen LogP contribution is -2.30. The molecule has 0 fully saturated rings. The predicted molar refractivity (Wildman–Crippen MR) is 395 cm³/mol. The van der Waals surface area contributed by atoms with Crippen molar-refractivity contribution in [1.29, 1.82) is 0 Å². The number of rotatable bonds is 77. The van der Waals surface area contributed by atoms with E-state index in [4.69, 9.17) is 37.0 Å². The Morgan fingerprint density at radius 1 is 0.278 bits per heavy atom. The summed E-state index contributed by atoms with van der Waals surface area (Å²) < 4.78 is 68.6. The number of carbonyl (C=O) groups is 4. The SMILES string of the molecule is CCCCCCCCCCCCCCCCCCCCCCC(=O)O[C@H](COC(=O)CCCCCCCCCCCCCC(C)C)COP(=O)(O)OC[C@@H](O)COP(=O)(O)OC[C@@H](COC(=O)CCCCCCCCCCC(C)C)OC(=O)CCCCCCCCCCCCCC. The molecule has 0 radical (unpaired) electrons. The van der Waals surface area contributed by atoms with Gasteiger partial charge >= 0.3 is 39.5 Å². The number of esters is 4. The molecule has 19 heteroatoms. The fourth-order valence-electron chi connectivity index (χ4n) is 12.0. The summed E-state index contributed by atoms with van der Waals surface area (Å²) in [5.74, 6) is -0.615. The van der Waals surface area contributed by atoms with Crippen LogP contribution in [0.3, 0.4) is 0 Å². The van der Waals surface area contributed by atoms with Gasteiger partial charge in [-0.3, -0.25) is 37.3 Å². The minimum atomic E-state index is -4.96. The van der Waals surface area contributed by atoms with Crippen molar-refractivity contribution in [2.75, 3.05) is 39.6 Å². The average Bonchev–Trinajstić information content (AvgIpc) is 2.06. The third kappa shape index (κ3) is 72.2. The van der Waals surface area contributed by atoms with Gasteiger partial charge in [-0.25, -0.2) is 9.13 Å². The quantitative estimate of drug-likeness (QED) is 0.0222. The van der Waals surface area contributed by atoms with Crippen molar-refractivity contribution >= 4 is 39.5 Å². The van der Waals surface area contributed by atoms with Crippen molar-refractivity contribution in [2.24, 2.45) is 11.8 Å². The van der Waals surface area contributed by atoms with Crippen molar-refractivity contribution in [2.45, 2.75) is 426 Å². The number of phosphoric ester groups is 2. The molecule has 5 atom stereocenters. The third-order valence-electron chi connectivity index (χ3n) is 18.2. The lowest BCUT2D eigenvalue weighted by atomic mass is 10.0. The first-order chi connectivity index (χ1) is 46.9. The molecule has 0 aromatic carbocycles. The molecule has 0 aliphatic heterocycles. The topological polar surface area (TPSA) is 237 Å². The highest BCUT2D eigenvalue weighted by molar-refractivity contribution is 7.47. The van der Waals surface area contributed by atoms with Gasteiger partial charge in [0.05, 0.1) is 26.4 Å². The van der Waals surface area contributed by atoms with E-state index in [2.05, 4.69) is 41.5 Å². The van der Waals surface area contributed by atoms with E-state index in [1.54, 1.807) is 0 Å². The van der Waals surface area contributed by atoms with Crippen molar-refractivity contribution < 1.29 is 80.2 Å². The minimum Gasteiger partial charge on any atom is -0.462 e. The van der Waals surface area contributed by atoms with Gasteiger partial charge < -0.3 is 33.8 Å². The second kappa shape index (κ2) is 69.8. The Labute approximate surface area is 594 Å². The van der Waals surface area contributed by atoms with Crippen LogP contribution in [0.25, 0.3) is 0 Å². The van der Waals surface area contributed by atoms with E-state index in [1.165, 1.54) is 225 Å². The summed E-state index contributed by atoms with van der Waals surface area (Å²) in [5, 5.41) is 10.6. The van der Waals surface area contributed by atoms with Crippen LogP contribution in [0.5, 0.6) is 0 Å². The first kappa shape index (κ1) is 95.1. The largest absolute Gasteiger partial charge is 0.472 e. The summed E-state index contributed by atoms with van der Waals surface area (Å²) in [6.07, 6.45) is 58.3. The van der Waals surface area contributed by atoms with Gasteiger partial charge in [0.25, 0.3) is 0 Å². The monoisotopic (exact) mass is 1420 g/mol. The Kier molecular flexibility index (Phi) is 68.4. The molecule has 17 nitrogen and oxygen atoms in total. The average molecular weight is 1420 g/mol. The van der Waals surface area contributed by atoms with E-state index in [-0.39, 0.29) is 25.7 Å². The first-order valence-electron chi connectivity index (χ1n) is 40.5. The predicted octanol–water partition coefficient (Wildman–Crippen LogP) is 23.1. The van der Waals surface area contributed by atoms with Gasteiger partial charge in [0, 0.05) is 25.7 Å². The summed E-state index contributed by atoms with van der Waals surface area (Å²) in [6, 6.07) is 0. The van der Waals surface area contributed by atoms with E-state index in [1.807, 2.05) is 0 Å².